The Labute approximate surface area is 121 Å². The highest BCUT2D eigenvalue weighted by atomic mass is 32.2. The second-order valence-corrected chi connectivity index (χ2v) is 5.79. The lowest BCUT2D eigenvalue weighted by Crippen LogP contribution is -2.44. The van der Waals surface area contributed by atoms with E-state index in [0.717, 1.165) is 0 Å². The molecule has 0 aliphatic rings. The topological polar surface area (TPSA) is 66.4 Å². The number of hydrogen-bond acceptors (Lipinski definition) is 3. The first-order valence-electron chi connectivity index (χ1n) is 6.31. The molecule has 0 bridgehead atoms. The second-order valence-electron chi connectivity index (χ2n) is 4.66. The molecule has 1 rings (SSSR count). The van der Waals surface area contributed by atoms with E-state index < -0.39 is 12.0 Å². The molecule has 110 valence electrons. The highest BCUT2D eigenvalue weighted by molar-refractivity contribution is 7.99. The first kappa shape index (κ1) is 16.5. The Morgan fingerprint density at radius 3 is 2.55 bits per heavy atom. The molecule has 0 aliphatic carbocycles. The van der Waals surface area contributed by atoms with E-state index in [4.69, 9.17) is 5.11 Å². The summed E-state index contributed by atoms with van der Waals surface area (Å²) in [6.45, 7) is 3.46. The minimum Gasteiger partial charge on any atom is -0.480 e. The molecule has 0 fully saturated rings. The van der Waals surface area contributed by atoms with Crippen LogP contribution in [-0.2, 0) is 9.59 Å². The van der Waals surface area contributed by atoms with Crippen LogP contribution in [0.2, 0.25) is 0 Å². The van der Waals surface area contributed by atoms with Crippen molar-refractivity contribution >= 4 is 23.6 Å². The fraction of sp³-hybridized carbons (Fsp3) is 0.429. The average Bonchev–Trinajstić information content (AvgIpc) is 2.37. The number of carbonyl (C=O) groups excluding carboxylic acids is 1. The van der Waals surface area contributed by atoms with Gasteiger partial charge in [0.25, 0.3) is 0 Å². The summed E-state index contributed by atoms with van der Waals surface area (Å²) >= 11 is 1.24. The van der Waals surface area contributed by atoms with Crippen molar-refractivity contribution in [2.45, 2.75) is 31.2 Å². The van der Waals surface area contributed by atoms with Crippen molar-refractivity contribution in [1.82, 2.24) is 5.32 Å². The highest BCUT2D eigenvalue weighted by Gasteiger charge is 2.23. The first-order valence-corrected chi connectivity index (χ1v) is 7.30. The number of rotatable bonds is 7. The molecule has 0 heterocycles. The summed E-state index contributed by atoms with van der Waals surface area (Å²) < 4.78 is 13.3. The fourth-order valence-corrected chi connectivity index (χ4v) is 2.46. The summed E-state index contributed by atoms with van der Waals surface area (Å²) in [5.41, 5.74) is 0. The zero-order valence-corrected chi connectivity index (χ0v) is 12.2. The monoisotopic (exact) mass is 299 g/mol. The quantitative estimate of drug-likeness (QED) is 0.759. The number of amides is 1. The van der Waals surface area contributed by atoms with E-state index in [-0.39, 0.29) is 24.1 Å². The molecule has 0 spiro atoms. The number of nitrogens with one attached hydrogen (secondary N) is 1. The van der Waals surface area contributed by atoms with E-state index >= 15 is 0 Å². The van der Waals surface area contributed by atoms with Crippen molar-refractivity contribution < 1.29 is 19.1 Å². The van der Waals surface area contributed by atoms with Gasteiger partial charge in [0.2, 0.25) is 5.91 Å². The molecule has 0 saturated heterocycles. The molecule has 0 saturated carbocycles. The zero-order valence-electron chi connectivity index (χ0n) is 11.4. The molecular formula is C14H18FNO3S. The Morgan fingerprint density at radius 1 is 1.35 bits per heavy atom. The lowest BCUT2D eigenvalue weighted by atomic mass is 10.0. The first-order chi connectivity index (χ1) is 9.41. The van der Waals surface area contributed by atoms with Crippen LogP contribution in [0.4, 0.5) is 4.39 Å². The van der Waals surface area contributed by atoms with Crippen molar-refractivity contribution in [3.8, 4) is 0 Å². The number of carbonyl (C=O) groups is 2. The molecule has 0 aliphatic heterocycles. The Hall–Kier alpha value is -1.56. The number of thioether (sulfide) groups is 1. The minimum absolute atomic E-state index is 0.148. The lowest BCUT2D eigenvalue weighted by molar-refractivity contribution is -0.143. The van der Waals surface area contributed by atoms with Crippen LogP contribution in [0.15, 0.2) is 29.2 Å². The van der Waals surface area contributed by atoms with E-state index in [1.807, 2.05) is 0 Å². The predicted octanol–water partition coefficient (Wildman–Crippen LogP) is 2.53. The van der Waals surface area contributed by atoms with E-state index in [1.54, 1.807) is 32.0 Å². The van der Waals surface area contributed by atoms with E-state index in [9.17, 15) is 14.0 Å². The molecular weight excluding hydrogens is 281 g/mol. The molecule has 2 N–H and O–H groups in total. The largest absolute Gasteiger partial charge is 0.480 e. The fourth-order valence-electron chi connectivity index (χ4n) is 1.57. The van der Waals surface area contributed by atoms with Crippen LogP contribution in [0.3, 0.4) is 0 Å². The van der Waals surface area contributed by atoms with Gasteiger partial charge in [-0.1, -0.05) is 26.0 Å². The van der Waals surface area contributed by atoms with Gasteiger partial charge >= 0.3 is 5.97 Å². The molecule has 20 heavy (non-hydrogen) atoms. The van der Waals surface area contributed by atoms with Gasteiger partial charge in [-0.2, -0.15) is 0 Å². The normalized spacial score (nSPS) is 12.2. The van der Waals surface area contributed by atoms with Gasteiger partial charge in [-0.05, 0) is 18.1 Å². The minimum atomic E-state index is -1.05. The average molecular weight is 299 g/mol. The predicted molar refractivity (Wildman–Crippen MR) is 76.1 cm³/mol. The number of hydrogen-bond donors (Lipinski definition) is 2. The summed E-state index contributed by atoms with van der Waals surface area (Å²) in [7, 11) is 0. The number of halogens is 1. The Bertz CT molecular complexity index is 479. The van der Waals surface area contributed by atoms with Gasteiger partial charge in [-0.3, -0.25) is 4.79 Å². The van der Waals surface area contributed by atoms with Crippen LogP contribution in [0, 0.1) is 11.7 Å². The molecule has 1 aromatic rings. The van der Waals surface area contributed by atoms with Crippen LogP contribution in [0.5, 0.6) is 0 Å². The van der Waals surface area contributed by atoms with E-state index in [2.05, 4.69) is 5.32 Å². The van der Waals surface area contributed by atoms with Crippen molar-refractivity contribution in [2.75, 3.05) is 5.75 Å². The van der Waals surface area contributed by atoms with Crippen LogP contribution in [-0.4, -0.2) is 28.8 Å². The standard InChI is InChI=1S/C14H18FNO3S/c1-9(2)13(14(18)19)16-12(17)7-8-20-11-6-4-3-5-10(11)15/h3-6,9,13H,7-8H2,1-2H3,(H,16,17)(H,18,19)/t13-/m1/s1. The van der Waals surface area contributed by atoms with Gasteiger partial charge in [-0.15, -0.1) is 11.8 Å². The van der Waals surface area contributed by atoms with Crippen LogP contribution >= 0.6 is 11.8 Å². The van der Waals surface area contributed by atoms with Crippen molar-refractivity contribution in [3.05, 3.63) is 30.1 Å². The van der Waals surface area contributed by atoms with Gasteiger partial charge in [0.15, 0.2) is 0 Å². The summed E-state index contributed by atoms with van der Waals surface area (Å²) in [6.07, 6.45) is 0.148. The molecule has 0 radical (unpaired) electrons. The molecule has 0 aromatic heterocycles. The summed E-state index contributed by atoms with van der Waals surface area (Å²) in [5.74, 6) is -1.48. The van der Waals surface area contributed by atoms with Gasteiger partial charge in [0.1, 0.15) is 11.9 Å². The van der Waals surface area contributed by atoms with Crippen LogP contribution < -0.4 is 5.32 Å². The maximum absolute atomic E-state index is 13.3. The Balaban J connectivity index is 2.40. The molecule has 1 amide bonds. The lowest BCUT2D eigenvalue weighted by Gasteiger charge is -2.17. The maximum Gasteiger partial charge on any atom is 0.326 e. The van der Waals surface area contributed by atoms with E-state index in [0.29, 0.717) is 10.6 Å². The van der Waals surface area contributed by atoms with Gasteiger partial charge in [0.05, 0.1) is 0 Å². The second kappa shape index (κ2) is 7.89. The molecule has 1 atom stereocenters. The van der Waals surface area contributed by atoms with Crippen molar-refractivity contribution in [2.24, 2.45) is 5.92 Å². The van der Waals surface area contributed by atoms with Crippen molar-refractivity contribution in [3.63, 3.8) is 0 Å². The van der Waals surface area contributed by atoms with Gasteiger partial charge in [0, 0.05) is 17.1 Å². The van der Waals surface area contributed by atoms with E-state index in [1.165, 1.54) is 17.8 Å². The third-order valence-electron chi connectivity index (χ3n) is 2.67. The summed E-state index contributed by atoms with van der Waals surface area (Å²) in [6, 6.07) is 5.45. The number of aliphatic carboxylic acids is 1. The van der Waals surface area contributed by atoms with Crippen LogP contribution in [0.25, 0.3) is 0 Å². The third kappa shape index (κ3) is 5.21. The summed E-state index contributed by atoms with van der Waals surface area (Å²) in [4.78, 5) is 23.1. The summed E-state index contributed by atoms with van der Waals surface area (Å²) in [5, 5.41) is 11.4. The zero-order chi connectivity index (χ0) is 15.1. The van der Waals surface area contributed by atoms with Crippen molar-refractivity contribution in [1.29, 1.82) is 0 Å². The molecule has 0 unspecified atom stereocenters. The third-order valence-corrected chi connectivity index (χ3v) is 3.72. The van der Waals surface area contributed by atoms with Crippen LogP contribution in [0.1, 0.15) is 20.3 Å². The highest BCUT2D eigenvalue weighted by Crippen LogP contribution is 2.21. The van der Waals surface area contributed by atoms with Gasteiger partial charge < -0.3 is 10.4 Å². The molecule has 6 heteroatoms. The number of carboxylic acids is 1. The number of benzene rings is 1. The smallest absolute Gasteiger partial charge is 0.326 e. The SMILES string of the molecule is CC(C)[C@@H](NC(=O)CCSc1ccccc1F)C(=O)O. The Kier molecular flexibility index (Phi) is 6.51. The maximum atomic E-state index is 13.3. The molecule has 1 aromatic carbocycles. The molecule has 4 nitrogen and oxygen atoms in total. The Morgan fingerprint density at radius 2 is 2.00 bits per heavy atom. The van der Waals surface area contributed by atoms with Gasteiger partial charge in [-0.25, -0.2) is 9.18 Å². The number of carboxylic acid groups (broad SMARTS) is 1.